The van der Waals surface area contributed by atoms with Crippen molar-refractivity contribution in [3.05, 3.63) is 0 Å². The Balaban J connectivity index is 2.48. The average Bonchev–Trinajstić information content (AvgIpc) is 2.31. The summed E-state index contributed by atoms with van der Waals surface area (Å²) in [6.07, 6.45) is 9.62. The second-order valence-corrected chi connectivity index (χ2v) is 5.43. The normalized spacial score (nSPS) is 28.1. The zero-order valence-corrected chi connectivity index (χ0v) is 11.3. The fourth-order valence-electron chi connectivity index (χ4n) is 3.17. The van der Waals surface area contributed by atoms with E-state index in [1.807, 2.05) is 0 Å². The molecule has 1 heteroatoms. The fourth-order valence-corrected chi connectivity index (χ4v) is 3.17. The molecule has 3 atom stereocenters. The van der Waals surface area contributed by atoms with Crippen molar-refractivity contribution in [2.24, 2.45) is 17.8 Å². The van der Waals surface area contributed by atoms with Crippen LogP contribution in [-0.4, -0.2) is 5.78 Å². The number of ketones is 1. The highest BCUT2D eigenvalue weighted by Gasteiger charge is 2.30. The van der Waals surface area contributed by atoms with E-state index >= 15 is 0 Å². The van der Waals surface area contributed by atoms with E-state index < -0.39 is 0 Å². The van der Waals surface area contributed by atoms with Crippen molar-refractivity contribution >= 4 is 5.78 Å². The number of hydrogen-bond acceptors (Lipinski definition) is 1. The van der Waals surface area contributed by atoms with Crippen molar-refractivity contribution in [2.45, 2.75) is 72.1 Å². The zero-order valence-electron chi connectivity index (χ0n) is 11.3. The van der Waals surface area contributed by atoms with Gasteiger partial charge in [0.25, 0.3) is 0 Å². The van der Waals surface area contributed by atoms with E-state index in [1.165, 1.54) is 32.1 Å². The summed E-state index contributed by atoms with van der Waals surface area (Å²) in [6.45, 7) is 6.68. The molecule has 0 heterocycles. The first kappa shape index (κ1) is 13.7. The van der Waals surface area contributed by atoms with Crippen molar-refractivity contribution in [3.8, 4) is 0 Å². The molecule has 1 saturated carbocycles. The first-order valence-corrected chi connectivity index (χ1v) is 7.26. The van der Waals surface area contributed by atoms with Crippen molar-refractivity contribution in [1.82, 2.24) is 0 Å². The minimum atomic E-state index is 0.387. The summed E-state index contributed by atoms with van der Waals surface area (Å²) in [6, 6.07) is 0. The van der Waals surface area contributed by atoms with Gasteiger partial charge in [-0.2, -0.15) is 0 Å². The lowest BCUT2D eigenvalue weighted by Crippen LogP contribution is -2.29. The Morgan fingerprint density at radius 3 is 2.44 bits per heavy atom. The Kier molecular flexibility index (Phi) is 6.08. The standard InChI is InChI=1S/C15H28O/c1-4-8-12(5-2)11-14-10-7-9-13(6-3)15(14)16/h12-14H,4-11H2,1-3H3. The molecule has 3 unspecified atom stereocenters. The van der Waals surface area contributed by atoms with Gasteiger partial charge in [-0.05, 0) is 31.6 Å². The largest absolute Gasteiger partial charge is 0.299 e. The Morgan fingerprint density at radius 1 is 1.19 bits per heavy atom. The highest BCUT2D eigenvalue weighted by atomic mass is 16.1. The van der Waals surface area contributed by atoms with Crippen LogP contribution in [0.15, 0.2) is 0 Å². The third kappa shape index (κ3) is 3.61. The van der Waals surface area contributed by atoms with Crippen LogP contribution in [0, 0.1) is 17.8 Å². The van der Waals surface area contributed by atoms with Crippen LogP contribution >= 0.6 is 0 Å². The van der Waals surface area contributed by atoms with Crippen molar-refractivity contribution in [1.29, 1.82) is 0 Å². The Hall–Kier alpha value is -0.330. The third-order valence-corrected chi connectivity index (χ3v) is 4.29. The van der Waals surface area contributed by atoms with Crippen LogP contribution in [0.3, 0.4) is 0 Å². The zero-order chi connectivity index (χ0) is 12.0. The van der Waals surface area contributed by atoms with Gasteiger partial charge in [0.15, 0.2) is 0 Å². The first-order valence-electron chi connectivity index (χ1n) is 7.26. The fraction of sp³-hybridized carbons (Fsp3) is 0.933. The van der Waals surface area contributed by atoms with Crippen molar-refractivity contribution < 1.29 is 4.79 Å². The minimum absolute atomic E-state index is 0.387. The number of carbonyl (C=O) groups is 1. The van der Waals surface area contributed by atoms with Gasteiger partial charge in [-0.25, -0.2) is 0 Å². The lowest BCUT2D eigenvalue weighted by molar-refractivity contribution is -0.129. The number of carbonyl (C=O) groups excluding carboxylic acids is 1. The van der Waals surface area contributed by atoms with Crippen LogP contribution in [0.5, 0.6) is 0 Å². The van der Waals surface area contributed by atoms with Crippen LogP contribution in [-0.2, 0) is 4.79 Å². The maximum absolute atomic E-state index is 12.2. The molecular weight excluding hydrogens is 196 g/mol. The van der Waals surface area contributed by atoms with Gasteiger partial charge < -0.3 is 0 Å². The van der Waals surface area contributed by atoms with Crippen LogP contribution < -0.4 is 0 Å². The monoisotopic (exact) mass is 224 g/mol. The van der Waals surface area contributed by atoms with Gasteiger partial charge in [0.05, 0.1) is 0 Å². The van der Waals surface area contributed by atoms with Gasteiger partial charge in [-0.1, -0.05) is 46.5 Å². The predicted octanol–water partition coefficient (Wildman–Crippen LogP) is 4.60. The van der Waals surface area contributed by atoms with E-state index in [9.17, 15) is 4.79 Å². The highest BCUT2D eigenvalue weighted by molar-refractivity contribution is 5.84. The summed E-state index contributed by atoms with van der Waals surface area (Å²) in [5.41, 5.74) is 0. The third-order valence-electron chi connectivity index (χ3n) is 4.29. The van der Waals surface area contributed by atoms with Gasteiger partial charge in [0, 0.05) is 11.8 Å². The summed E-state index contributed by atoms with van der Waals surface area (Å²) in [7, 11) is 0. The van der Waals surface area contributed by atoms with Gasteiger partial charge in [-0.15, -0.1) is 0 Å². The summed E-state index contributed by atoms with van der Waals surface area (Å²) in [4.78, 5) is 12.2. The van der Waals surface area contributed by atoms with Gasteiger partial charge in [-0.3, -0.25) is 4.79 Å². The molecule has 0 spiro atoms. The molecule has 0 N–H and O–H groups in total. The summed E-state index contributed by atoms with van der Waals surface area (Å²) in [5, 5.41) is 0. The van der Waals surface area contributed by atoms with Gasteiger partial charge in [0.1, 0.15) is 5.78 Å². The second-order valence-electron chi connectivity index (χ2n) is 5.43. The molecule has 0 aromatic rings. The summed E-state index contributed by atoms with van der Waals surface area (Å²) < 4.78 is 0. The van der Waals surface area contributed by atoms with E-state index in [2.05, 4.69) is 20.8 Å². The van der Waals surface area contributed by atoms with Crippen LogP contribution in [0.25, 0.3) is 0 Å². The average molecular weight is 224 g/mol. The molecule has 16 heavy (non-hydrogen) atoms. The smallest absolute Gasteiger partial charge is 0.139 e. The molecule has 0 amide bonds. The Morgan fingerprint density at radius 2 is 1.88 bits per heavy atom. The SMILES string of the molecule is CCCC(CC)CC1CCCC(CC)C1=O. The molecule has 0 bridgehead atoms. The van der Waals surface area contributed by atoms with E-state index in [0.29, 0.717) is 17.6 Å². The molecule has 1 rings (SSSR count). The lowest BCUT2D eigenvalue weighted by atomic mass is 9.74. The number of hydrogen-bond donors (Lipinski definition) is 0. The topological polar surface area (TPSA) is 17.1 Å². The van der Waals surface area contributed by atoms with Crippen LogP contribution in [0.4, 0.5) is 0 Å². The minimum Gasteiger partial charge on any atom is -0.299 e. The van der Waals surface area contributed by atoms with E-state index in [-0.39, 0.29) is 0 Å². The molecule has 0 aliphatic heterocycles. The number of Topliss-reactive ketones (excluding diaryl/α,β-unsaturated/α-hetero) is 1. The summed E-state index contributed by atoms with van der Waals surface area (Å²) in [5.74, 6) is 2.16. The molecule has 0 aromatic heterocycles. The Bertz CT molecular complexity index is 209. The van der Waals surface area contributed by atoms with E-state index in [1.54, 1.807) is 0 Å². The maximum atomic E-state index is 12.2. The first-order chi connectivity index (χ1) is 7.72. The summed E-state index contributed by atoms with van der Waals surface area (Å²) >= 11 is 0. The van der Waals surface area contributed by atoms with Crippen molar-refractivity contribution in [2.75, 3.05) is 0 Å². The molecule has 1 aliphatic rings. The van der Waals surface area contributed by atoms with Crippen LogP contribution in [0.1, 0.15) is 72.1 Å². The van der Waals surface area contributed by atoms with E-state index in [4.69, 9.17) is 0 Å². The van der Waals surface area contributed by atoms with Crippen LogP contribution in [0.2, 0.25) is 0 Å². The molecular formula is C15H28O. The molecule has 94 valence electrons. The highest BCUT2D eigenvalue weighted by Crippen LogP contribution is 2.33. The van der Waals surface area contributed by atoms with Crippen molar-refractivity contribution in [3.63, 3.8) is 0 Å². The lowest BCUT2D eigenvalue weighted by Gasteiger charge is -2.29. The molecule has 1 fully saturated rings. The Labute approximate surface area is 101 Å². The molecule has 0 radical (unpaired) electrons. The second kappa shape index (κ2) is 7.09. The molecule has 0 aromatic carbocycles. The number of rotatable bonds is 6. The molecule has 0 saturated heterocycles. The van der Waals surface area contributed by atoms with Gasteiger partial charge >= 0.3 is 0 Å². The van der Waals surface area contributed by atoms with Gasteiger partial charge in [0.2, 0.25) is 0 Å². The molecule has 1 nitrogen and oxygen atoms in total. The quantitative estimate of drug-likeness (QED) is 0.644. The maximum Gasteiger partial charge on any atom is 0.139 e. The predicted molar refractivity (Wildman–Crippen MR) is 69.4 cm³/mol. The van der Waals surface area contributed by atoms with E-state index in [0.717, 1.165) is 25.2 Å². The molecule has 1 aliphatic carbocycles.